The number of rotatable bonds is 8. The zero-order valence-electron chi connectivity index (χ0n) is 21.3. The van der Waals surface area contributed by atoms with Gasteiger partial charge in [0.05, 0.1) is 24.9 Å². The summed E-state index contributed by atoms with van der Waals surface area (Å²) in [6.45, 7) is 13.3. The maximum atomic E-state index is 6.18. The SMILES string of the molecule is CNc1nc(C2CC(C)(C)NC(C)(C)C2)c2cc(OC)c(OCCCN3CCCC3)cc2n1. The summed E-state index contributed by atoms with van der Waals surface area (Å²) >= 11 is 0. The molecule has 2 saturated heterocycles. The van der Waals surface area contributed by atoms with Gasteiger partial charge in [0.15, 0.2) is 11.5 Å². The molecule has 0 atom stereocenters. The fourth-order valence-electron chi connectivity index (χ4n) is 5.85. The quantitative estimate of drug-likeness (QED) is 0.565. The summed E-state index contributed by atoms with van der Waals surface area (Å²) in [5.41, 5.74) is 2.05. The lowest BCUT2D eigenvalue weighted by atomic mass is 9.74. The van der Waals surface area contributed by atoms with Crippen molar-refractivity contribution < 1.29 is 9.47 Å². The van der Waals surface area contributed by atoms with Crippen LogP contribution in [-0.4, -0.2) is 66.3 Å². The lowest BCUT2D eigenvalue weighted by Crippen LogP contribution is -2.57. The van der Waals surface area contributed by atoms with E-state index in [-0.39, 0.29) is 11.1 Å². The van der Waals surface area contributed by atoms with Gasteiger partial charge in [-0.1, -0.05) is 0 Å². The third-order valence-corrected chi connectivity index (χ3v) is 6.89. The Labute approximate surface area is 198 Å². The molecule has 0 unspecified atom stereocenters. The van der Waals surface area contributed by atoms with Crippen LogP contribution in [0.25, 0.3) is 10.9 Å². The first-order chi connectivity index (χ1) is 15.7. The molecule has 2 fully saturated rings. The molecule has 0 spiro atoms. The summed E-state index contributed by atoms with van der Waals surface area (Å²) in [6.07, 6.45) is 5.68. The monoisotopic (exact) mass is 455 g/mol. The Hall–Kier alpha value is -2.12. The molecule has 7 nitrogen and oxygen atoms in total. The Kier molecular flexibility index (Phi) is 7.01. The van der Waals surface area contributed by atoms with Crippen LogP contribution in [-0.2, 0) is 0 Å². The van der Waals surface area contributed by atoms with E-state index in [2.05, 4.69) is 49.3 Å². The number of nitrogens with one attached hydrogen (secondary N) is 2. The van der Waals surface area contributed by atoms with Gasteiger partial charge in [0.1, 0.15) is 0 Å². The topological polar surface area (TPSA) is 71.5 Å². The number of likely N-dealkylation sites (tertiary alicyclic amines) is 1. The van der Waals surface area contributed by atoms with Gasteiger partial charge in [-0.2, -0.15) is 0 Å². The minimum absolute atomic E-state index is 0.0337. The molecule has 0 amide bonds. The molecule has 2 aliphatic heterocycles. The summed E-state index contributed by atoms with van der Waals surface area (Å²) in [4.78, 5) is 12.2. The van der Waals surface area contributed by atoms with Gasteiger partial charge in [-0.15, -0.1) is 0 Å². The lowest BCUT2D eigenvalue weighted by Gasteiger charge is -2.46. The summed E-state index contributed by atoms with van der Waals surface area (Å²) in [5.74, 6) is 2.48. The summed E-state index contributed by atoms with van der Waals surface area (Å²) in [5, 5.41) is 7.99. The Morgan fingerprint density at radius 1 is 1.06 bits per heavy atom. The largest absolute Gasteiger partial charge is 0.493 e. The van der Waals surface area contributed by atoms with Crippen LogP contribution >= 0.6 is 0 Å². The minimum Gasteiger partial charge on any atom is -0.493 e. The van der Waals surface area contributed by atoms with Gasteiger partial charge in [0.25, 0.3) is 0 Å². The van der Waals surface area contributed by atoms with E-state index in [0.717, 1.165) is 53.9 Å². The first-order valence-corrected chi connectivity index (χ1v) is 12.4. The molecule has 0 saturated carbocycles. The van der Waals surface area contributed by atoms with Crippen molar-refractivity contribution in [2.45, 2.75) is 76.8 Å². The van der Waals surface area contributed by atoms with Crippen LogP contribution in [0.4, 0.5) is 5.95 Å². The van der Waals surface area contributed by atoms with E-state index in [1.807, 2.05) is 13.1 Å². The molecule has 2 aliphatic rings. The third-order valence-electron chi connectivity index (χ3n) is 6.89. The number of aromatic nitrogens is 2. The number of hydrogen-bond acceptors (Lipinski definition) is 7. The molecular weight excluding hydrogens is 414 g/mol. The predicted molar refractivity (Wildman–Crippen MR) is 135 cm³/mol. The molecule has 3 heterocycles. The van der Waals surface area contributed by atoms with E-state index in [0.29, 0.717) is 18.5 Å². The van der Waals surface area contributed by atoms with Gasteiger partial charge >= 0.3 is 0 Å². The first kappa shape index (κ1) is 24.0. The molecule has 4 rings (SSSR count). The Morgan fingerprint density at radius 3 is 2.39 bits per heavy atom. The standard InChI is InChI=1S/C26H41N5O2/c1-25(2)16-18(17-26(3,4)30-25)23-19-14-21(32-6)22(15-20(19)28-24(27-5)29-23)33-13-9-12-31-10-7-8-11-31/h14-15,18,30H,7-13,16-17H2,1-6H3,(H,27,28,29). The molecule has 33 heavy (non-hydrogen) atoms. The van der Waals surface area contributed by atoms with Crippen molar-refractivity contribution in [1.29, 1.82) is 0 Å². The molecule has 1 aromatic carbocycles. The second kappa shape index (κ2) is 9.63. The Morgan fingerprint density at radius 2 is 1.76 bits per heavy atom. The van der Waals surface area contributed by atoms with E-state index in [1.165, 1.54) is 25.9 Å². The minimum atomic E-state index is 0.0337. The van der Waals surface area contributed by atoms with Crippen molar-refractivity contribution in [3.8, 4) is 11.5 Å². The van der Waals surface area contributed by atoms with E-state index >= 15 is 0 Å². The van der Waals surface area contributed by atoms with Gasteiger partial charge in [-0.25, -0.2) is 9.97 Å². The van der Waals surface area contributed by atoms with Crippen LogP contribution in [0, 0.1) is 0 Å². The highest BCUT2D eigenvalue weighted by Gasteiger charge is 2.39. The third kappa shape index (κ3) is 5.69. The molecule has 2 aromatic rings. The number of anilines is 1. The molecule has 0 radical (unpaired) electrons. The number of hydrogen-bond donors (Lipinski definition) is 2. The van der Waals surface area contributed by atoms with Crippen LogP contribution in [0.1, 0.15) is 71.4 Å². The molecule has 0 bridgehead atoms. The lowest BCUT2D eigenvalue weighted by molar-refractivity contribution is 0.160. The fraction of sp³-hybridized carbons (Fsp3) is 0.692. The highest BCUT2D eigenvalue weighted by molar-refractivity contribution is 5.86. The fourth-order valence-corrected chi connectivity index (χ4v) is 5.85. The highest BCUT2D eigenvalue weighted by Crippen LogP contribution is 2.42. The van der Waals surface area contributed by atoms with Crippen molar-refractivity contribution >= 4 is 16.9 Å². The zero-order valence-corrected chi connectivity index (χ0v) is 21.3. The number of methoxy groups -OCH3 is 1. The van der Waals surface area contributed by atoms with Crippen molar-refractivity contribution in [3.63, 3.8) is 0 Å². The second-order valence-electron chi connectivity index (χ2n) is 11.0. The van der Waals surface area contributed by atoms with Gasteiger partial charge in [-0.05, 0) is 79.0 Å². The number of piperidine rings is 1. The zero-order chi connectivity index (χ0) is 23.6. The number of benzene rings is 1. The van der Waals surface area contributed by atoms with Crippen molar-refractivity contribution in [2.75, 3.05) is 45.7 Å². The van der Waals surface area contributed by atoms with Crippen LogP contribution in [0.2, 0.25) is 0 Å². The van der Waals surface area contributed by atoms with Crippen molar-refractivity contribution in [2.24, 2.45) is 0 Å². The van der Waals surface area contributed by atoms with Gasteiger partial charge < -0.3 is 25.0 Å². The van der Waals surface area contributed by atoms with E-state index in [9.17, 15) is 0 Å². The maximum Gasteiger partial charge on any atom is 0.223 e. The Balaban J connectivity index is 1.62. The van der Waals surface area contributed by atoms with Crippen LogP contribution < -0.4 is 20.1 Å². The number of nitrogens with zero attached hydrogens (tertiary/aromatic N) is 3. The number of ether oxygens (including phenoxy) is 2. The normalized spacial score (nSPS) is 20.8. The smallest absolute Gasteiger partial charge is 0.223 e. The van der Waals surface area contributed by atoms with Crippen LogP contribution in [0.15, 0.2) is 12.1 Å². The second-order valence-corrected chi connectivity index (χ2v) is 11.0. The summed E-state index contributed by atoms with van der Waals surface area (Å²) in [7, 11) is 3.58. The molecule has 0 aliphatic carbocycles. The first-order valence-electron chi connectivity index (χ1n) is 12.4. The van der Waals surface area contributed by atoms with Crippen molar-refractivity contribution in [1.82, 2.24) is 20.2 Å². The summed E-state index contributed by atoms with van der Waals surface area (Å²) < 4.78 is 11.9. The van der Waals surface area contributed by atoms with E-state index in [1.54, 1.807) is 7.11 Å². The molecule has 7 heteroatoms. The van der Waals surface area contributed by atoms with Gasteiger partial charge in [-0.3, -0.25) is 0 Å². The van der Waals surface area contributed by atoms with Crippen molar-refractivity contribution in [3.05, 3.63) is 17.8 Å². The maximum absolute atomic E-state index is 6.18. The molecule has 2 N–H and O–H groups in total. The van der Waals surface area contributed by atoms with Crippen LogP contribution in [0.3, 0.4) is 0 Å². The average Bonchev–Trinajstić information content (AvgIpc) is 3.26. The molecule has 182 valence electrons. The van der Waals surface area contributed by atoms with Crippen LogP contribution in [0.5, 0.6) is 11.5 Å². The van der Waals surface area contributed by atoms with Gasteiger partial charge in [0, 0.05) is 42.0 Å². The molecular formula is C26H41N5O2. The van der Waals surface area contributed by atoms with Gasteiger partial charge in [0.2, 0.25) is 5.95 Å². The Bertz CT molecular complexity index is 953. The predicted octanol–water partition coefficient (Wildman–Crippen LogP) is 4.57. The van der Waals surface area contributed by atoms with E-state index < -0.39 is 0 Å². The average molecular weight is 456 g/mol. The number of fused-ring (bicyclic) bond motifs is 1. The summed E-state index contributed by atoms with van der Waals surface area (Å²) in [6, 6.07) is 4.09. The highest BCUT2D eigenvalue weighted by atomic mass is 16.5. The molecule has 1 aromatic heterocycles. The van der Waals surface area contributed by atoms with E-state index in [4.69, 9.17) is 19.4 Å².